The summed E-state index contributed by atoms with van der Waals surface area (Å²) in [5.74, 6) is 0.692. The molecule has 8 amide bonds. The minimum Gasteiger partial charge on any atom is -0.370 e. The summed E-state index contributed by atoms with van der Waals surface area (Å²) in [5, 5.41) is 7.66. The molecule has 0 radical (unpaired) electrons. The van der Waals surface area contributed by atoms with Gasteiger partial charge in [0.25, 0.3) is 17.7 Å². The number of fused-ring (bicyclic) bond motifs is 2. The molecule has 4 aromatic rings. The molecule has 72 heavy (non-hydrogen) atoms. The number of carbonyl (C=O) groups is 8. The molecule has 378 valence electrons. The summed E-state index contributed by atoms with van der Waals surface area (Å²) in [6.07, 6.45) is -1.29. The van der Waals surface area contributed by atoms with E-state index in [1.807, 2.05) is 30.3 Å². The topological polar surface area (TPSA) is 258 Å². The number of hydrogen-bond donors (Lipinski definition) is 5. The first kappa shape index (κ1) is 51.6. The number of nitrogens with one attached hydrogen (secondary N) is 3. The number of nitrogens with zero attached hydrogens (tertiary/aromatic N) is 3. The molecule has 0 saturated carbocycles. The molecule has 0 bridgehead atoms. The van der Waals surface area contributed by atoms with Gasteiger partial charge >= 0.3 is 13.3 Å². The van der Waals surface area contributed by atoms with Gasteiger partial charge in [-0.05, 0) is 59.2 Å². The molecule has 23 heteroatoms. The molecule has 3 saturated heterocycles. The van der Waals surface area contributed by atoms with E-state index in [1.54, 1.807) is 25.7 Å². The van der Waals surface area contributed by atoms with Crippen LogP contribution in [0.3, 0.4) is 0 Å². The summed E-state index contributed by atoms with van der Waals surface area (Å²) in [5.41, 5.74) is -5.04. The number of carbonyl (C=O) groups excluding carboxylic acids is 8. The second kappa shape index (κ2) is 20.4. The molecule has 3 fully saturated rings. The lowest BCUT2D eigenvalue weighted by molar-refractivity contribution is -0.150. The molecule has 4 aliphatic heterocycles. The van der Waals surface area contributed by atoms with Crippen LogP contribution in [0.5, 0.6) is 0 Å². The Balaban J connectivity index is 0.942. The van der Waals surface area contributed by atoms with Crippen LogP contribution in [0, 0.1) is 17.3 Å². The number of morpholine rings is 1. The highest BCUT2D eigenvalue weighted by Gasteiger charge is 2.51. The molecule has 2 unspecified atom stereocenters. The first-order valence-electron chi connectivity index (χ1n) is 22.8. The zero-order valence-electron chi connectivity index (χ0n) is 39.0. The molecule has 0 aliphatic carbocycles. The number of alkyl halides is 2. The quantitative estimate of drug-likeness (QED) is 0.0776. The van der Waals surface area contributed by atoms with E-state index >= 15 is 0 Å². The van der Waals surface area contributed by atoms with E-state index in [-0.39, 0.29) is 73.4 Å². The summed E-state index contributed by atoms with van der Waals surface area (Å²) in [4.78, 5) is 129. The second-order valence-electron chi connectivity index (χ2n) is 18.7. The normalized spacial score (nSPS) is 21.0. The van der Waals surface area contributed by atoms with E-state index in [9.17, 15) is 61.5 Å². The molecular formula is C49H49F2N6O13PS. The van der Waals surface area contributed by atoms with Crippen LogP contribution in [0.1, 0.15) is 93.2 Å². The maximum atomic E-state index is 14.8. The maximum Gasteiger partial charge on any atom is 0.399 e. The number of likely N-dealkylation sites (tertiary alicyclic amines) is 1. The Bertz CT molecular complexity index is 3000. The van der Waals surface area contributed by atoms with Gasteiger partial charge in [-0.15, -0.1) is 11.3 Å². The summed E-state index contributed by atoms with van der Waals surface area (Å²) in [6.45, 7) is 4.97. The zero-order valence-corrected chi connectivity index (χ0v) is 40.7. The average Bonchev–Trinajstić information content (AvgIpc) is 4.04. The van der Waals surface area contributed by atoms with Crippen molar-refractivity contribution in [2.75, 3.05) is 39.4 Å². The van der Waals surface area contributed by atoms with Crippen LogP contribution >= 0.6 is 18.9 Å². The highest BCUT2D eigenvalue weighted by molar-refractivity contribution is 7.52. The van der Waals surface area contributed by atoms with Crippen LogP contribution in [0.15, 0.2) is 72.8 Å². The third-order valence-corrected chi connectivity index (χ3v) is 14.8. The standard InChI is InChI=1S/C49H49F2N6O13PS/c1-48(2,3)41(54-43(61)38-22-29-21-30(12-15-37(29)72-38)49(50,51)71(66,67)68)47(65)56-24-31(23-35(56)46(64)55-18-19-69-36(25-55)28-9-5-4-6-10-28)70-26-40(59)52-17-7-8-27-11-13-32-33(20-27)45(63)57(44(32)62)34-14-16-39(58)53-42(34)60/h4-6,9-13,15,20-22,31,34-36,41H,14,16-19,23-26H2,1-3H3,(H,52,59)(H,54,61)(H,53,58,60)(H2,66,67,68)/t31-,34?,35-,36?,41+/m0/s1. The first-order chi connectivity index (χ1) is 34.0. The van der Waals surface area contributed by atoms with Crippen molar-refractivity contribution >= 4 is 76.3 Å². The SMILES string of the molecule is CC(C)(C)[C@H](NC(=O)c1cc2cc(C(F)(F)P(=O)(O)O)ccc2s1)C(=O)N1C[C@@H](OCC(=O)NCC#Cc2ccc3c(c2)C(=O)N(C2CCC(=O)NC2=O)C3=O)C[C@H]1C(=O)N1CCOC(c2ccccc2)C1. The van der Waals surface area contributed by atoms with Gasteiger partial charge in [-0.25, -0.2) is 0 Å². The monoisotopic (exact) mass is 1030 g/mol. The second-order valence-corrected chi connectivity index (χ2v) is 21.5. The van der Waals surface area contributed by atoms with Gasteiger partial charge in [0.1, 0.15) is 30.8 Å². The highest BCUT2D eigenvalue weighted by Crippen LogP contribution is 2.59. The predicted octanol–water partition coefficient (Wildman–Crippen LogP) is 3.43. The third kappa shape index (κ3) is 10.7. The smallest absolute Gasteiger partial charge is 0.370 e. The van der Waals surface area contributed by atoms with Gasteiger partial charge in [0.05, 0.1) is 41.8 Å². The number of hydrogen-bond acceptors (Lipinski definition) is 12. The molecule has 5 atom stereocenters. The number of imide groups is 2. The number of piperidine rings is 1. The van der Waals surface area contributed by atoms with Crippen LogP contribution in [-0.4, -0.2) is 135 Å². The molecular weight excluding hydrogens is 982 g/mol. The fourth-order valence-corrected chi connectivity index (χ4v) is 10.4. The summed E-state index contributed by atoms with van der Waals surface area (Å²) < 4.78 is 53.0. The zero-order chi connectivity index (χ0) is 51.9. The average molecular weight is 1030 g/mol. The van der Waals surface area contributed by atoms with Gasteiger partial charge in [-0.2, -0.15) is 8.78 Å². The van der Waals surface area contributed by atoms with Crippen LogP contribution in [-0.2, 0) is 43.7 Å². The fourth-order valence-electron chi connectivity index (χ4n) is 8.94. The van der Waals surface area contributed by atoms with Crippen LogP contribution in [0.2, 0.25) is 0 Å². The summed E-state index contributed by atoms with van der Waals surface area (Å²) in [6, 6.07) is 14.5. The fraction of sp³-hybridized carbons (Fsp3) is 0.388. The lowest BCUT2D eigenvalue weighted by Crippen LogP contribution is -2.58. The number of thiophene rings is 1. The van der Waals surface area contributed by atoms with Crippen LogP contribution in [0.4, 0.5) is 8.78 Å². The van der Waals surface area contributed by atoms with Crippen LogP contribution in [0.25, 0.3) is 10.1 Å². The van der Waals surface area contributed by atoms with E-state index < -0.39 is 108 Å². The van der Waals surface area contributed by atoms with Crippen LogP contribution < -0.4 is 16.0 Å². The number of ether oxygens (including phenoxy) is 2. The van der Waals surface area contributed by atoms with Crippen molar-refractivity contribution in [2.24, 2.45) is 5.41 Å². The van der Waals surface area contributed by atoms with Crippen molar-refractivity contribution in [3.63, 3.8) is 0 Å². The number of halogens is 2. The highest BCUT2D eigenvalue weighted by atomic mass is 32.1. The van der Waals surface area contributed by atoms with E-state index in [4.69, 9.17) is 9.47 Å². The Hall–Kier alpha value is -6.73. The van der Waals surface area contributed by atoms with Gasteiger partial charge in [-0.1, -0.05) is 69.0 Å². The van der Waals surface area contributed by atoms with E-state index in [0.29, 0.717) is 10.3 Å². The van der Waals surface area contributed by atoms with Gasteiger partial charge in [0.15, 0.2) is 0 Å². The van der Waals surface area contributed by atoms with Crippen molar-refractivity contribution in [1.82, 2.24) is 30.7 Å². The summed E-state index contributed by atoms with van der Waals surface area (Å²) in [7, 11) is -5.87. The Morgan fingerprint density at radius 3 is 2.42 bits per heavy atom. The van der Waals surface area contributed by atoms with Crippen molar-refractivity contribution < 1.29 is 71.0 Å². The Kier molecular flexibility index (Phi) is 14.6. The molecule has 0 spiro atoms. The minimum atomic E-state index is -5.87. The van der Waals surface area contributed by atoms with Gasteiger partial charge in [-0.3, -0.25) is 53.1 Å². The van der Waals surface area contributed by atoms with Crippen molar-refractivity contribution in [3.05, 3.63) is 105 Å². The van der Waals surface area contributed by atoms with Crippen molar-refractivity contribution in [1.29, 1.82) is 0 Å². The van der Waals surface area contributed by atoms with Gasteiger partial charge in [0, 0.05) is 41.8 Å². The van der Waals surface area contributed by atoms with Gasteiger partial charge in [0.2, 0.25) is 29.5 Å². The largest absolute Gasteiger partial charge is 0.399 e. The molecule has 5 N–H and O–H groups in total. The first-order valence-corrected chi connectivity index (χ1v) is 25.2. The molecule has 3 aromatic carbocycles. The predicted molar refractivity (Wildman–Crippen MR) is 253 cm³/mol. The number of amides is 8. The molecule has 1 aromatic heterocycles. The maximum absolute atomic E-state index is 14.8. The Morgan fingerprint density at radius 1 is 0.972 bits per heavy atom. The molecule has 4 aliphatic rings. The minimum absolute atomic E-state index is 0.00571. The van der Waals surface area contributed by atoms with Gasteiger partial charge < -0.3 is 39.7 Å². The Morgan fingerprint density at radius 2 is 1.71 bits per heavy atom. The van der Waals surface area contributed by atoms with E-state index in [1.165, 1.54) is 35.2 Å². The van der Waals surface area contributed by atoms with Crippen molar-refractivity contribution in [3.8, 4) is 11.8 Å². The number of rotatable bonds is 12. The molecule has 8 rings (SSSR count). The number of benzene rings is 3. The lowest BCUT2D eigenvalue weighted by Gasteiger charge is -2.38. The third-order valence-electron chi connectivity index (χ3n) is 12.7. The van der Waals surface area contributed by atoms with E-state index in [0.717, 1.165) is 33.9 Å². The van der Waals surface area contributed by atoms with Crippen molar-refractivity contribution in [2.45, 2.75) is 76.0 Å². The van der Waals surface area contributed by atoms with E-state index in [2.05, 4.69) is 27.8 Å². The molecule has 19 nitrogen and oxygen atoms in total. The summed E-state index contributed by atoms with van der Waals surface area (Å²) >= 11 is 0.917. The lowest BCUT2D eigenvalue weighted by atomic mass is 9.85. The molecule has 5 heterocycles. The Labute approximate surface area is 414 Å².